The van der Waals surface area contributed by atoms with Crippen LogP contribution in [0, 0.1) is 0 Å². The number of nitrogens with zero attached hydrogens (tertiary/aromatic N) is 1. The smallest absolute Gasteiger partial charge is 0.260 e. The number of benzene rings is 1. The van der Waals surface area contributed by atoms with Gasteiger partial charge in [0, 0.05) is 17.5 Å². The van der Waals surface area contributed by atoms with Crippen LogP contribution in [0.25, 0.3) is 0 Å². The van der Waals surface area contributed by atoms with E-state index in [9.17, 15) is 14.7 Å². The molecular formula is C21H26ClNO6. The Morgan fingerprint density at radius 3 is 2.38 bits per heavy atom. The van der Waals surface area contributed by atoms with Crippen molar-refractivity contribution < 1.29 is 28.9 Å². The van der Waals surface area contributed by atoms with Crippen molar-refractivity contribution in [2.45, 2.75) is 63.4 Å². The summed E-state index contributed by atoms with van der Waals surface area (Å²) in [5, 5.41) is 10.3. The van der Waals surface area contributed by atoms with Crippen molar-refractivity contribution in [2.75, 3.05) is 6.61 Å². The SMILES string of the molecule is C=CC[C@H]1O[C@H](CO)[C@@H]2OC(C)(C)O[C@@H]2[C@H]1N(C(C)=O)C(=O)c1ccc(Cl)cc1. The van der Waals surface area contributed by atoms with Gasteiger partial charge in [0.05, 0.1) is 18.8 Å². The molecule has 158 valence electrons. The van der Waals surface area contributed by atoms with Gasteiger partial charge in [-0.15, -0.1) is 6.58 Å². The Kier molecular flexibility index (Phi) is 6.45. The zero-order valence-corrected chi connectivity index (χ0v) is 17.5. The lowest BCUT2D eigenvalue weighted by molar-refractivity contribution is -0.179. The van der Waals surface area contributed by atoms with Gasteiger partial charge in [0.1, 0.15) is 18.3 Å². The predicted octanol–water partition coefficient (Wildman–Crippen LogP) is 2.55. The number of ether oxygens (including phenoxy) is 3. The van der Waals surface area contributed by atoms with Crippen LogP contribution in [-0.2, 0) is 19.0 Å². The number of carbonyl (C=O) groups excluding carboxylic acids is 2. The highest BCUT2D eigenvalue weighted by molar-refractivity contribution is 6.30. The van der Waals surface area contributed by atoms with E-state index in [1.54, 1.807) is 44.2 Å². The number of imide groups is 1. The van der Waals surface area contributed by atoms with Crippen molar-refractivity contribution in [3.63, 3.8) is 0 Å². The largest absolute Gasteiger partial charge is 0.394 e. The molecule has 1 aromatic carbocycles. The zero-order valence-electron chi connectivity index (χ0n) is 16.7. The van der Waals surface area contributed by atoms with Crippen molar-refractivity contribution in [2.24, 2.45) is 0 Å². The number of aliphatic hydroxyl groups is 1. The molecule has 2 aliphatic heterocycles. The molecule has 2 fully saturated rings. The van der Waals surface area contributed by atoms with Gasteiger partial charge in [-0.1, -0.05) is 17.7 Å². The predicted molar refractivity (Wildman–Crippen MR) is 106 cm³/mol. The van der Waals surface area contributed by atoms with Crippen molar-refractivity contribution in [1.29, 1.82) is 0 Å². The van der Waals surface area contributed by atoms with E-state index < -0.39 is 48.1 Å². The topological polar surface area (TPSA) is 85.3 Å². The van der Waals surface area contributed by atoms with Crippen LogP contribution in [0.3, 0.4) is 0 Å². The lowest BCUT2D eigenvalue weighted by atomic mass is 9.89. The van der Waals surface area contributed by atoms with Crippen LogP contribution in [-0.4, -0.2) is 64.7 Å². The Labute approximate surface area is 175 Å². The molecule has 2 amide bonds. The van der Waals surface area contributed by atoms with Gasteiger partial charge in [-0.05, 0) is 44.5 Å². The standard InChI is InChI=1S/C21H26ClNO6/c1-5-6-15-17(19-18(16(11-24)27-15)28-21(3,4)29-19)23(12(2)25)20(26)13-7-9-14(22)10-8-13/h5,7-10,15-19,24H,1,6,11H2,2-4H3/t15-,16-,17+,18+,19-/m1/s1. The Morgan fingerprint density at radius 1 is 1.21 bits per heavy atom. The lowest BCUT2D eigenvalue weighted by Gasteiger charge is -2.45. The second-order valence-corrected chi connectivity index (χ2v) is 8.11. The number of hydrogen-bond donors (Lipinski definition) is 1. The minimum atomic E-state index is -0.945. The molecule has 0 radical (unpaired) electrons. The quantitative estimate of drug-likeness (QED) is 0.732. The van der Waals surface area contributed by atoms with Crippen molar-refractivity contribution in [3.8, 4) is 0 Å². The van der Waals surface area contributed by atoms with Gasteiger partial charge >= 0.3 is 0 Å². The molecule has 7 nitrogen and oxygen atoms in total. The summed E-state index contributed by atoms with van der Waals surface area (Å²) in [7, 11) is 0. The molecule has 1 N–H and O–H groups in total. The molecule has 0 unspecified atom stereocenters. The summed E-state index contributed by atoms with van der Waals surface area (Å²) in [5.74, 6) is -1.87. The first kappa shape index (κ1) is 21.9. The molecule has 2 aliphatic rings. The number of carbonyl (C=O) groups is 2. The maximum absolute atomic E-state index is 13.3. The summed E-state index contributed by atoms with van der Waals surface area (Å²) in [5.41, 5.74) is 0.320. The van der Waals surface area contributed by atoms with Crippen LogP contribution in [0.1, 0.15) is 37.6 Å². The zero-order chi connectivity index (χ0) is 21.3. The van der Waals surface area contributed by atoms with Crippen LogP contribution >= 0.6 is 11.6 Å². The number of rotatable bonds is 5. The third-order valence-corrected chi connectivity index (χ3v) is 5.38. The van der Waals surface area contributed by atoms with Crippen molar-refractivity contribution in [3.05, 3.63) is 47.5 Å². The fourth-order valence-corrected chi connectivity index (χ4v) is 4.13. The van der Waals surface area contributed by atoms with E-state index in [4.69, 9.17) is 25.8 Å². The van der Waals surface area contributed by atoms with Gasteiger partial charge in [0.2, 0.25) is 5.91 Å². The fourth-order valence-electron chi connectivity index (χ4n) is 4.00. The molecular weight excluding hydrogens is 398 g/mol. The first-order valence-electron chi connectivity index (χ1n) is 9.51. The molecule has 0 aromatic heterocycles. The van der Waals surface area contributed by atoms with Gasteiger partial charge in [-0.3, -0.25) is 14.5 Å². The Balaban J connectivity index is 2.03. The lowest BCUT2D eigenvalue weighted by Crippen LogP contribution is -2.65. The second-order valence-electron chi connectivity index (χ2n) is 7.68. The molecule has 0 aliphatic carbocycles. The van der Waals surface area contributed by atoms with E-state index >= 15 is 0 Å². The van der Waals surface area contributed by atoms with E-state index in [2.05, 4.69) is 6.58 Å². The molecule has 8 heteroatoms. The average molecular weight is 424 g/mol. The van der Waals surface area contributed by atoms with Gasteiger partial charge in [-0.25, -0.2) is 0 Å². The summed E-state index contributed by atoms with van der Waals surface area (Å²) in [6.45, 7) is 8.31. The summed E-state index contributed by atoms with van der Waals surface area (Å²) >= 11 is 5.92. The van der Waals surface area contributed by atoms with Gasteiger partial charge < -0.3 is 19.3 Å². The molecule has 1 aromatic rings. The van der Waals surface area contributed by atoms with Crippen LogP contribution in [0.5, 0.6) is 0 Å². The van der Waals surface area contributed by atoms with E-state index in [-0.39, 0.29) is 6.61 Å². The average Bonchev–Trinajstić information content (AvgIpc) is 2.98. The number of amides is 2. The minimum absolute atomic E-state index is 0.272. The third kappa shape index (κ3) is 4.39. The van der Waals surface area contributed by atoms with Crippen LogP contribution in [0.4, 0.5) is 0 Å². The summed E-state index contributed by atoms with van der Waals surface area (Å²) in [6.07, 6.45) is -0.488. The summed E-state index contributed by atoms with van der Waals surface area (Å²) < 4.78 is 18.1. The van der Waals surface area contributed by atoms with Gasteiger partial charge in [0.15, 0.2) is 5.79 Å². The van der Waals surface area contributed by atoms with Crippen LogP contribution in [0.2, 0.25) is 5.02 Å². The van der Waals surface area contributed by atoms with Gasteiger partial charge in [0.25, 0.3) is 5.91 Å². The Morgan fingerprint density at radius 2 is 1.83 bits per heavy atom. The third-order valence-electron chi connectivity index (χ3n) is 5.12. The monoisotopic (exact) mass is 423 g/mol. The molecule has 3 rings (SSSR count). The van der Waals surface area contributed by atoms with Crippen LogP contribution < -0.4 is 0 Å². The van der Waals surface area contributed by atoms with Gasteiger partial charge in [-0.2, -0.15) is 0 Å². The molecule has 0 spiro atoms. The van der Waals surface area contributed by atoms with Crippen LogP contribution in [0.15, 0.2) is 36.9 Å². The number of hydrogen-bond acceptors (Lipinski definition) is 6. The van der Waals surface area contributed by atoms with Crippen molar-refractivity contribution in [1.82, 2.24) is 4.90 Å². The molecule has 2 saturated heterocycles. The van der Waals surface area contributed by atoms with E-state index in [0.29, 0.717) is 17.0 Å². The summed E-state index contributed by atoms with van der Waals surface area (Å²) in [6, 6.07) is 5.57. The molecule has 2 heterocycles. The highest BCUT2D eigenvalue weighted by atomic mass is 35.5. The molecule has 29 heavy (non-hydrogen) atoms. The fraction of sp³-hybridized carbons (Fsp3) is 0.524. The van der Waals surface area contributed by atoms with E-state index in [1.165, 1.54) is 6.92 Å². The highest BCUT2D eigenvalue weighted by Crippen LogP contribution is 2.40. The first-order valence-corrected chi connectivity index (χ1v) is 9.89. The Bertz CT molecular complexity index is 780. The molecule has 0 saturated carbocycles. The molecule has 0 bridgehead atoms. The second kappa shape index (κ2) is 8.53. The number of aliphatic hydroxyl groups excluding tert-OH is 1. The summed E-state index contributed by atoms with van der Waals surface area (Å²) in [4.78, 5) is 27.1. The normalized spacial score (nSPS) is 30.4. The van der Waals surface area contributed by atoms with E-state index in [0.717, 1.165) is 4.90 Å². The van der Waals surface area contributed by atoms with Crippen molar-refractivity contribution >= 4 is 23.4 Å². The minimum Gasteiger partial charge on any atom is -0.394 e. The Hall–Kier alpha value is -1.77. The number of fused-ring (bicyclic) bond motifs is 1. The number of halogens is 1. The van der Waals surface area contributed by atoms with E-state index in [1.807, 2.05) is 0 Å². The molecule has 5 atom stereocenters. The maximum Gasteiger partial charge on any atom is 0.260 e. The maximum atomic E-state index is 13.3. The first-order chi connectivity index (χ1) is 13.7. The highest BCUT2D eigenvalue weighted by Gasteiger charge is 2.57.